The second-order valence-electron chi connectivity index (χ2n) is 9.54. The summed E-state index contributed by atoms with van der Waals surface area (Å²) in [5.41, 5.74) is 2.82. The highest BCUT2D eigenvalue weighted by atomic mass is 32.1. The van der Waals surface area contributed by atoms with Crippen LogP contribution in [0.5, 0.6) is 0 Å². The van der Waals surface area contributed by atoms with E-state index in [1.165, 1.54) is 16.2 Å². The molecular formula is C27H32N4O3S. The van der Waals surface area contributed by atoms with Crippen molar-refractivity contribution in [3.8, 4) is 0 Å². The molecular weight excluding hydrogens is 460 g/mol. The van der Waals surface area contributed by atoms with Gasteiger partial charge in [-0.3, -0.25) is 19.3 Å². The van der Waals surface area contributed by atoms with E-state index in [0.29, 0.717) is 16.4 Å². The zero-order chi connectivity index (χ0) is 25.6. The highest BCUT2D eigenvalue weighted by Gasteiger charge is 2.34. The van der Waals surface area contributed by atoms with Crippen LogP contribution in [-0.4, -0.2) is 28.2 Å². The van der Waals surface area contributed by atoms with Crippen molar-refractivity contribution in [3.05, 3.63) is 76.8 Å². The number of nitrogens with zero attached hydrogens (tertiary/aromatic N) is 2. The van der Waals surface area contributed by atoms with Gasteiger partial charge >= 0.3 is 0 Å². The number of amides is 3. The minimum Gasteiger partial charge on any atom is -0.349 e. The molecule has 184 valence electrons. The van der Waals surface area contributed by atoms with Gasteiger partial charge in [0.1, 0.15) is 6.04 Å². The van der Waals surface area contributed by atoms with E-state index in [0.717, 1.165) is 11.1 Å². The van der Waals surface area contributed by atoms with Gasteiger partial charge in [-0.2, -0.15) is 0 Å². The van der Waals surface area contributed by atoms with Crippen LogP contribution in [0.2, 0.25) is 0 Å². The number of hydrogen-bond donors (Lipinski definition) is 2. The third-order valence-electron chi connectivity index (χ3n) is 5.19. The Kier molecular flexibility index (Phi) is 8.40. The van der Waals surface area contributed by atoms with Gasteiger partial charge < -0.3 is 10.6 Å². The molecule has 0 bridgehead atoms. The van der Waals surface area contributed by atoms with Crippen LogP contribution in [0.4, 0.5) is 10.8 Å². The fourth-order valence-corrected chi connectivity index (χ4v) is 4.17. The second-order valence-corrected chi connectivity index (χ2v) is 10.4. The zero-order valence-electron chi connectivity index (χ0n) is 20.8. The van der Waals surface area contributed by atoms with E-state index in [1.54, 1.807) is 11.6 Å². The third kappa shape index (κ3) is 7.48. The van der Waals surface area contributed by atoms with Crippen LogP contribution in [0.15, 0.2) is 60.1 Å². The molecule has 8 heteroatoms. The number of nitrogens with one attached hydrogen (secondary N) is 2. The number of hydrogen-bond acceptors (Lipinski definition) is 5. The summed E-state index contributed by atoms with van der Waals surface area (Å²) in [5.74, 6) is -0.911. The maximum atomic E-state index is 13.7. The molecule has 0 saturated carbocycles. The van der Waals surface area contributed by atoms with Crippen molar-refractivity contribution in [1.29, 1.82) is 0 Å². The molecule has 1 atom stereocenters. The Morgan fingerprint density at radius 1 is 1.00 bits per heavy atom. The van der Waals surface area contributed by atoms with Crippen LogP contribution in [0.25, 0.3) is 0 Å². The molecule has 0 fully saturated rings. The first-order chi connectivity index (χ1) is 16.5. The lowest BCUT2D eigenvalue weighted by molar-refractivity contribution is -0.128. The van der Waals surface area contributed by atoms with Crippen LogP contribution in [0.1, 0.15) is 56.3 Å². The molecule has 1 heterocycles. The van der Waals surface area contributed by atoms with Gasteiger partial charge in [-0.1, -0.05) is 42.0 Å². The van der Waals surface area contributed by atoms with Crippen LogP contribution in [-0.2, 0) is 14.4 Å². The van der Waals surface area contributed by atoms with E-state index in [2.05, 4.69) is 15.6 Å². The zero-order valence-corrected chi connectivity index (χ0v) is 21.6. The van der Waals surface area contributed by atoms with Crippen LogP contribution < -0.4 is 15.5 Å². The molecule has 2 aromatic carbocycles. The van der Waals surface area contributed by atoms with Crippen LogP contribution in [0.3, 0.4) is 0 Å². The standard InChI is InChI=1S/C27H32N4O3S/c1-18-9-11-20(12-10-18)24(25(34)30-27(3,4)5)31(21-8-6-7-19(2)17-21)23(33)14-13-22(32)29-26-28-15-16-35-26/h6-12,15-17,24H,13-14H2,1-5H3,(H,30,34)(H,28,29,32). The normalized spacial score (nSPS) is 12.0. The Labute approximate surface area is 210 Å². The van der Waals surface area contributed by atoms with Crippen LogP contribution in [0, 0.1) is 13.8 Å². The Hall–Kier alpha value is -3.52. The maximum Gasteiger partial charge on any atom is 0.248 e. The van der Waals surface area contributed by atoms with Crippen LogP contribution >= 0.6 is 11.3 Å². The lowest BCUT2D eigenvalue weighted by atomic mass is 9.99. The summed E-state index contributed by atoms with van der Waals surface area (Å²) >= 11 is 1.31. The maximum absolute atomic E-state index is 13.7. The van der Waals surface area contributed by atoms with E-state index in [-0.39, 0.29) is 30.6 Å². The Bertz CT molecular complexity index is 1170. The Morgan fingerprint density at radius 2 is 1.71 bits per heavy atom. The SMILES string of the molecule is Cc1ccc(C(C(=O)NC(C)(C)C)N(C(=O)CCC(=O)Nc2nccs2)c2cccc(C)c2)cc1. The minimum absolute atomic E-state index is 0.0256. The highest BCUT2D eigenvalue weighted by Crippen LogP contribution is 2.30. The van der Waals surface area contributed by atoms with Crippen molar-refractivity contribution in [1.82, 2.24) is 10.3 Å². The summed E-state index contributed by atoms with van der Waals surface area (Å²) in [6, 6.07) is 14.2. The average Bonchev–Trinajstić information content (AvgIpc) is 3.28. The minimum atomic E-state index is -0.897. The van der Waals surface area contributed by atoms with Crippen molar-refractivity contribution in [2.24, 2.45) is 0 Å². The van der Waals surface area contributed by atoms with E-state index in [1.807, 2.05) is 83.1 Å². The van der Waals surface area contributed by atoms with Gasteiger partial charge in [0.15, 0.2) is 5.13 Å². The van der Waals surface area contributed by atoms with E-state index in [9.17, 15) is 14.4 Å². The summed E-state index contributed by atoms with van der Waals surface area (Å²) in [6.07, 6.45) is 1.52. The number of carbonyl (C=O) groups is 3. The monoisotopic (exact) mass is 492 g/mol. The van der Waals surface area contributed by atoms with Crippen molar-refractivity contribution in [3.63, 3.8) is 0 Å². The van der Waals surface area contributed by atoms with Gasteiger partial charge in [0.05, 0.1) is 0 Å². The van der Waals surface area contributed by atoms with E-state index < -0.39 is 11.6 Å². The fraction of sp³-hybridized carbons (Fsp3) is 0.333. The predicted octanol–water partition coefficient (Wildman–Crippen LogP) is 5.17. The lowest BCUT2D eigenvalue weighted by Crippen LogP contribution is -2.49. The summed E-state index contributed by atoms with van der Waals surface area (Å²) in [5, 5.41) is 7.98. The van der Waals surface area contributed by atoms with Crippen molar-refractivity contribution in [2.75, 3.05) is 10.2 Å². The molecule has 1 aromatic heterocycles. The number of anilines is 2. The number of rotatable bonds is 8. The molecule has 2 N–H and O–H groups in total. The molecule has 7 nitrogen and oxygen atoms in total. The first-order valence-electron chi connectivity index (χ1n) is 11.5. The second kappa shape index (κ2) is 11.3. The molecule has 1 unspecified atom stereocenters. The fourth-order valence-electron chi connectivity index (χ4n) is 3.63. The Morgan fingerprint density at radius 3 is 2.31 bits per heavy atom. The largest absolute Gasteiger partial charge is 0.349 e. The molecule has 35 heavy (non-hydrogen) atoms. The number of thiazole rings is 1. The van der Waals surface area contributed by atoms with Gasteiger partial charge in [0, 0.05) is 35.6 Å². The summed E-state index contributed by atoms with van der Waals surface area (Å²) < 4.78 is 0. The van der Waals surface area contributed by atoms with Crippen molar-refractivity contribution >= 4 is 39.9 Å². The van der Waals surface area contributed by atoms with Crippen molar-refractivity contribution in [2.45, 2.75) is 59.0 Å². The third-order valence-corrected chi connectivity index (χ3v) is 5.88. The van der Waals surface area contributed by atoms with E-state index in [4.69, 9.17) is 0 Å². The highest BCUT2D eigenvalue weighted by molar-refractivity contribution is 7.13. The van der Waals surface area contributed by atoms with Crippen molar-refractivity contribution < 1.29 is 14.4 Å². The average molecular weight is 493 g/mol. The number of aryl methyl sites for hydroxylation is 2. The predicted molar refractivity (Wildman–Crippen MR) is 140 cm³/mol. The van der Waals surface area contributed by atoms with Gasteiger partial charge in [0.2, 0.25) is 17.7 Å². The summed E-state index contributed by atoms with van der Waals surface area (Å²) in [4.78, 5) is 45.3. The molecule has 0 radical (unpaired) electrons. The lowest BCUT2D eigenvalue weighted by Gasteiger charge is -2.34. The first-order valence-corrected chi connectivity index (χ1v) is 12.4. The topological polar surface area (TPSA) is 91.4 Å². The summed E-state index contributed by atoms with van der Waals surface area (Å²) in [7, 11) is 0. The van der Waals surface area contributed by atoms with Gasteiger partial charge in [-0.05, 0) is 57.9 Å². The molecule has 0 aliphatic carbocycles. The molecule has 0 spiro atoms. The smallest absolute Gasteiger partial charge is 0.248 e. The molecule has 0 saturated heterocycles. The quantitative estimate of drug-likeness (QED) is 0.454. The first kappa shape index (κ1) is 26.1. The number of carbonyl (C=O) groups excluding carboxylic acids is 3. The molecule has 3 amide bonds. The summed E-state index contributed by atoms with van der Waals surface area (Å²) in [6.45, 7) is 9.61. The Balaban J connectivity index is 1.96. The van der Waals surface area contributed by atoms with Gasteiger partial charge in [-0.15, -0.1) is 11.3 Å². The van der Waals surface area contributed by atoms with Gasteiger partial charge in [0.25, 0.3) is 0 Å². The number of aromatic nitrogens is 1. The van der Waals surface area contributed by atoms with E-state index >= 15 is 0 Å². The molecule has 0 aliphatic rings. The molecule has 3 rings (SSSR count). The number of benzene rings is 2. The van der Waals surface area contributed by atoms with Gasteiger partial charge in [-0.25, -0.2) is 4.98 Å². The molecule has 3 aromatic rings. The molecule has 0 aliphatic heterocycles.